The van der Waals surface area contributed by atoms with Crippen LogP contribution in [0.3, 0.4) is 0 Å². The van der Waals surface area contributed by atoms with Crippen LogP contribution in [0.4, 0.5) is 17.2 Å². The zero-order chi connectivity index (χ0) is 15.6. The summed E-state index contributed by atoms with van der Waals surface area (Å²) in [7, 11) is 1.28. The molecule has 0 radical (unpaired) electrons. The lowest BCUT2D eigenvalue weighted by atomic mass is 10.2. The number of pyridine rings is 1. The predicted molar refractivity (Wildman–Crippen MR) is 84.5 cm³/mol. The van der Waals surface area contributed by atoms with Crippen molar-refractivity contribution in [1.82, 2.24) is 4.98 Å². The SMILES string of the molecule is COC(=O)c1ccnc(Nc2c(Cl)ccc(C)c2Cl)c1N. The Balaban J connectivity index is 2.46. The Labute approximate surface area is 132 Å². The third-order valence-electron chi connectivity index (χ3n) is 2.92. The summed E-state index contributed by atoms with van der Waals surface area (Å²) >= 11 is 12.3. The number of rotatable bonds is 3. The van der Waals surface area contributed by atoms with E-state index >= 15 is 0 Å². The summed E-state index contributed by atoms with van der Waals surface area (Å²) in [5.74, 6) is -0.258. The maximum absolute atomic E-state index is 11.6. The summed E-state index contributed by atoms with van der Waals surface area (Å²) in [5, 5.41) is 3.85. The molecule has 0 saturated heterocycles. The smallest absolute Gasteiger partial charge is 0.340 e. The monoisotopic (exact) mass is 325 g/mol. The number of carbonyl (C=O) groups excluding carboxylic acids is 1. The molecular formula is C14H13Cl2N3O2. The number of ether oxygens (including phenoxy) is 1. The van der Waals surface area contributed by atoms with Gasteiger partial charge in [-0.3, -0.25) is 0 Å². The number of hydrogen-bond donors (Lipinski definition) is 2. The fourth-order valence-corrected chi connectivity index (χ4v) is 2.22. The molecule has 2 aromatic rings. The van der Waals surface area contributed by atoms with Crippen LogP contribution in [-0.4, -0.2) is 18.1 Å². The van der Waals surface area contributed by atoms with E-state index in [0.29, 0.717) is 15.7 Å². The van der Waals surface area contributed by atoms with Crippen molar-refractivity contribution in [2.45, 2.75) is 6.92 Å². The minimum absolute atomic E-state index is 0.165. The molecule has 1 aromatic carbocycles. The number of anilines is 3. The van der Waals surface area contributed by atoms with Gasteiger partial charge in [0.15, 0.2) is 5.82 Å². The first-order chi connectivity index (χ1) is 9.95. The standard InChI is InChI=1S/C14H13Cl2N3O2/c1-7-3-4-9(15)12(10(7)16)19-13-11(17)8(5-6-18-13)14(20)21-2/h3-6H,17H2,1-2H3,(H,18,19). The lowest BCUT2D eigenvalue weighted by Gasteiger charge is -2.14. The van der Waals surface area contributed by atoms with Crippen LogP contribution in [0, 0.1) is 6.92 Å². The van der Waals surface area contributed by atoms with Gasteiger partial charge in [-0.25, -0.2) is 9.78 Å². The molecule has 1 aromatic heterocycles. The Morgan fingerprint density at radius 2 is 2.05 bits per heavy atom. The van der Waals surface area contributed by atoms with Gasteiger partial charge in [0, 0.05) is 6.20 Å². The number of nitrogens with two attached hydrogens (primary N) is 1. The van der Waals surface area contributed by atoms with Gasteiger partial charge >= 0.3 is 5.97 Å². The van der Waals surface area contributed by atoms with Gasteiger partial charge < -0.3 is 15.8 Å². The van der Waals surface area contributed by atoms with E-state index in [9.17, 15) is 4.79 Å². The highest BCUT2D eigenvalue weighted by Gasteiger charge is 2.16. The molecule has 1 heterocycles. The molecule has 3 N–H and O–H groups in total. The Morgan fingerprint density at radius 1 is 1.33 bits per heavy atom. The van der Waals surface area contributed by atoms with Crippen LogP contribution in [0.2, 0.25) is 10.0 Å². The third kappa shape index (κ3) is 3.04. The Kier molecular flexibility index (Phi) is 4.55. The number of nitrogens with zero attached hydrogens (tertiary/aromatic N) is 1. The van der Waals surface area contributed by atoms with Crippen LogP contribution >= 0.6 is 23.2 Å². The van der Waals surface area contributed by atoms with Crippen LogP contribution in [0.1, 0.15) is 15.9 Å². The minimum atomic E-state index is -0.542. The van der Waals surface area contributed by atoms with Crippen molar-refractivity contribution in [1.29, 1.82) is 0 Å². The molecule has 0 amide bonds. The van der Waals surface area contributed by atoms with Crippen LogP contribution in [0.25, 0.3) is 0 Å². The lowest BCUT2D eigenvalue weighted by Crippen LogP contribution is -2.09. The Bertz CT molecular complexity index is 705. The molecule has 0 saturated carbocycles. The van der Waals surface area contributed by atoms with Crippen molar-refractivity contribution < 1.29 is 9.53 Å². The van der Waals surface area contributed by atoms with E-state index in [0.717, 1.165) is 5.56 Å². The predicted octanol–water partition coefficient (Wildman–Crippen LogP) is 3.81. The molecule has 0 fully saturated rings. The van der Waals surface area contributed by atoms with Crippen LogP contribution in [0.15, 0.2) is 24.4 Å². The molecule has 5 nitrogen and oxygen atoms in total. The van der Waals surface area contributed by atoms with Gasteiger partial charge in [-0.1, -0.05) is 29.3 Å². The molecule has 0 unspecified atom stereocenters. The topological polar surface area (TPSA) is 77.2 Å². The largest absolute Gasteiger partial charge is 0.465 e. The first-order valence-electron chi connectivity index (χ1n) is 6.00. The summed E-state index contributed by atoms with van der Waals surface area (Å²) in [4.78, 5) is 15.7. The van der Waals surface area contributed by atoms with E-state index in [2.05, 4.69) is 15.0 Å². The van der Waals surface area contributed by atoms with Crippen LogP contribution in [0.5, 0.6) is 0 Å². The highest BCUT2D eigenvalue weighted by molar-refractivity contribution is 6.39. The van der Waals surface area contributed by atoms with Crippen molar-refractivity contribution in [2.24, 2.45) is 0 Å². The molecule has 2 rings (SSSR count). The molecule has 110 valence electrons. The number of nitrogen functional groups attached to an aromatic ring is 1. The number of carbonyl (C=O) groups is 1. The summed E-state index contributed by atoms with van der Waals surface area (Å²) < 4.78 is 4.66. The summed E-state index contributed by atoms with van der Waals surface area (Å²) in [6.45, 7) is 1.85. The fourth-order valence-electron chi connectivity index (χ4n) is 1.75. The number of nitrogens with one attached hydrogen (secondary N) is 1. The molecule has 0 aliphatic rings. The highest BCUT2D eigenvalue weighted by atomic mass is 35.5. The maximum atomic E-state index is 11.6. The maximum Gasteiger partial charge on any atom is 0.340 e. The van der Waals surface area contributed by atoms with Crippen LogP contribution in [-0.2, 0) is 4.74 Å². The van der Waals surface area contributed by atoms with E-state index in [4.69, 9.17) is 28.9 Å². The summed E-state index contributed by atoms with van der Waals surface area (Å²) in [6.07, 6.45) is 1.45. The quantitative estimate of drug-likeness (QED) is 0.839. The fraction of sp³-hybridized carbons (Fsp3) is 0.143. The van der Waals surface area contributed by atoms with Crippen molar-refractivity contribution in [3.05, 3.63) is 45.6 Å². The van der Waals surface area contributed by atoms with E-state index < -0.39 is 5.97 Å². The van der Waals surface area contributed by atoms with Gasteiger partial charge in [0.05, 0.1) is 34.1 Å². The summed E-state index contributed by atoms with van der Waals surface area (Å²) in [6, 6.07) is 4.99. The van der Waals surface area contributed by atoms with Gasteiger partial charge in [-0.05, 0) is 24.6 Å². The van der Waals surface area contributed by atoms with E-state index in [1.807, 2.05) is 6.92 Å². The average Bonchev–Trinajstić information content (AvgIpc) is 2.48. The second-order valence-corrected chi connectivity index (χ2v) is 5.08. The van der Waals surface area contributed by atoms with E-state index in [1.54, 1.807) is 12.1 Å². The number of benzene rings is 1. The van der Waals surface area contributed by atoms with Gasteiger partial charge in [0.1, 0.15) is 0 Å². The molecule has 0 aliphatic heterocycles. The molecule has 0 aliphatic carbocycles. The number of aryl methyl sites for hydroxylation is 1. The number of methoxy groups -OCH3 is 1. The Hall–Kier alpha value is -1.98. The van der Waals surface area contributed by atoms with Crippen LogP contribution < -0.4 is 11.1 Å². The molecule has 0 atom stereocenters. The van der Waals surface area contributed by atoms with Gasteiger partial charge in [-0.2, -0.15) is 0 Å². The van der Waals surface area contributed by atoms with Crippen molar-refractivity contribution in [3.63, 3.8) is 0 Å². The number of halogens is 2. The van der Waals surface area contributed by atoms with E-state index in [1.165, 1.54) is 19.4 Å². The van der Waals surface area contributed by atoms with E-state index in [-0.39, 0.29) is 17.1 Å². The van der Waals surface area contributed by atoms with Crippen molar-refractivity contribution in [3.8, 4) is 0 Å². The average molecular weight is 326 g/mol. The first kappa shape index (κ1) is 15.4. The molecule has 21 heavy (non-hydrogen) atoms. The second kappa shape index (κ2) is 6.20. The first-order valence-corrected chi connectivity index (χ1v) is 6.75. The second-order valence-electron chi connectivity index (χ2n) is 4.29. The van der Waals surface area contributed by atoms with Gasteiger partial charge in [0.2, 0.25) is 0 Å². The molecule has 7 heteroatoms. The number of esters is 1. The molecular weight excluding hydrogens is 313 g/mol. The lowest BCUT2D eigenvalue weighted by molar-refractivity contribution is 0.0602. The number of hydrogen-bond acceptors (Lipinski definition) is 5. The normalized spacial score (nSPS) is 10.3. The molecule has 0 spiro atoms. The van der Waals surface area contributed by atoms with Gasteiger partial charge in [0.25, 0.3) is 0 Å². The highest BCUT2D eigenvalue weighted by Crippen LogP contribution is 2.36. The Morgan fingerprint density at radius 3 is 2.71 bits per heavy atom. The third-order valence-corrected chi connectivity index (χ3v) is 3.73. The zero-order valence-corrected chi connectivity index (χ0v) is 12.9. The van der Waals surface area contributed by atoms with Crippen molar-refractivity contribution >= 4 is 46.4 Å². The van der Waals surface area contributed by atoms with Crippen molar-refractivity contribution in [2.75, 3.05) is 18.2 Å². The minimum Gasteiger partial charge on any atom is -0.465 e. The summed E-state index contributed by atoms with van der Waals surface area (Å²) in [5.41, 5.74) is 7.65. The zero-order valence-electron chi connectivity index (χ0n) is 11.4. The number of aromatic nitrogens is 1. The molecule has 0 bridgehead atoms. The van der Waals surface area contributed by atoms with Gasteiger partial charge in [-0.15, -0.1) is 0 Å².